The van der Waals surface area contributed by atoms with Gasteiger partial charge in [0.2, 0.25) is 10.0 Å². The zero-order valence-corrected chi connectivity index (χ0v) is 22.0. The maximum atomic E-state index is 13.2. The Morgan fingerprint density at radius 2 is 1.65 bits per heavy atom. The van der Waals surface area contributed by atoms with Gasteiger partial charge in [0.15, 0.2) is 4.80 Å². The van der Waals surface area contributed by atoms with Crippen LogP contribution < -0.4 is 4.80 Å². The Morgan fingerprint density at radius 3 is 2.24 bits per heavy atom. The molecule has 1 heterocycles. The number of aromatic nitrogens is 1. The van der Waals surface area contributed by atoms with Crippen LogP contribution in [0.1, 0.15) is 38.1 Å². The molecule has 0 spiro atoms. The molecule has 0 N–H and O–H groups in total. The second-order valence-corrected chi connectivity index (χ2v) is 12.0. The van der Waals surface area contributed by atoms with Crippen molar-refractivity contribution in [2.75, 3.05) is 26.8 Å². The fourth-order valence-electron chi connectivity index (χ4n) is 3.66. The summed E-state index contributed by atoms with van der Waals surface area (Å²) in [6.45, 7) is 9.97. The zero-order chi connectivity index (χ0) is 24.9. The molecule has 184 valence electrons. The van der Waals surface area contributed by atoms with Crippen LogP contribution in [0.5, 0.6) is 0 Å². The van der Waals surface area contributed by atoms with Gasteiger partial charge in [-0.3, -0.25) is 4.79 Å². The number of sulfonamides is 1. The molecule has 7 nitrogen and oxygen atoms in total. The highest BCUT2D eigenvalue weighted by molar-refractivity contribution is 7.89. The van der Waals surface area contributed by atoms with Crippen LogP contribution in [0.15, 0.2) is 58.4 Å². The molecule has 0 radical (unpaired) electrons. The molecule has 0 aliphatic carbocycles. The van der Waals surface area contributed by atoms with Crippen molar-refractivity contribution in [3.63, 3.8) is 0 Å². The van der Waals surface area contributed by atoms with Crippen LogP contribution in [0.3, 0.4) is 0 Å². The van der Waals surface area contributed by atoms with Gasteiger partial charge < -0.3 is 9.30 Å². The lowest BCUT2D eigenvalue weighted by Crippen LogP contribution is -2.37. The van der Waals surface area contributed by atoms with Gasteiger partial charge in [-0.2, -0.15) is 9.30 Å². The minimum Gasteiger partial charge on any atom is -0.383 e. The Balaban J connectivity index is 1.92. The molecule has 0 fully saturated rings. The lowest BCUT2D eigenvalue weighted by Gasteiger charge is -2.25. The molecule has 1 aromatic heterocycles. The maximum absolute atomic E-state index is 13.2. The molecule has 9 heteroatoms. The minimum absolute atomic E-state index is 0.183. The predicted octanol–water partition coefficient (Wildman–Crippen LogP) is 4.39. The lowest BCUT2D eigenvalue weighted by molar-refractivity contribution is 0.0997. The number of para-hydroxylation sites is 1. The van der Waals surface area contributed by atoms with Crippen molar-refractivity contribution in [2.24, 2.45) is 16.8 Å². The number of benzene rings is 2. The highest BCUT2D eigenvalue weighted by Gasteiger charge is 2.26. The highest BCUT2D eigenvalue weighted by atomic mass is 32.2. The maximum Gasteiger partial charge on any atom is 0.279 e. The molecular formula is C25H33N3O4S2. The average Bonchev–Trinajstić information content (AvgIpc) is 3.13. The Labute approximate surface area is 205 Å². The van der Waals surface area contributed by atoms with Gasteiger partial charge in [-0.05, 0) is 48.2 Å². The molecule has 3 aromatic rings. The van der Waals surface area contributed by atoms with Gasteiger partial charge in [0.05, 0.1) is 21.7 Å². The molecule has 0 unspecified atom stereocenters. The van der Waals surface area contributed by atoms with Gasteiger partial charge in [0.25, 0.3) is 5.91 Å². The van der Waals surface area contributed by atoms with Crippen molar-refractivity contribution in [3.8, 4) is 0 Å². The van der Waals surface area contributed by atoms with E-state index in [1.165, 1.54) is 39.9 Å². The normalized spacial score (nSPS) is 13.0. The standard InChI is InChI=1S/C25H33N3O4S2/c1-18(2)16-27(17-19(3)4)34(30,31)21-12-10-20(11-13-21)24(29)26-25-28(14-15-32-5)22-8-6-7-9-23(22)33-25/h6-13,18-19H,14-17H2,1-5H3. The van der Waals surface area contributed by atoms with Crippen LogP contribution in [0.2, 0.25) is 0 Å². The first-order valence-electron chi connectivity index (χ1n) is 11.4. The van der Waals surface area contributed by atoms with Gasteiger partial charge in [0.1, 0.15) is 0 Å². The third-order valence-corrected chi connectivity index (χ3v) is 8.09. The number of hydrogen-bond acceptors (Lipinski definition) is 5. The molecule has 0 atom stereocenters. The average molecular weight is 504 g/mol. The number of carbonyl (C=O) groups is 1. The number of thiazole rings is 1. The third-order valence-electron chi connectivity index (χ3n) is 5.18. The summed E-state index contributed by atoms with van der Waals surface area (Å²) in [5.41, 5.74) is 1.34. The van der Waals surface area contributed by atoms with E-state index in [-0.39, 0.29) is 16.7 Å². The van der Waals surface area contributed by atoms with E-state index in [1.807, 2.05) is 56.5 Å². The number of ether oxygens (including phenoxy) is 1. The number of methoxy groups -OCH3 is 1. The van der Waals surface area contributed by atoms with E-state index >= 15 is 0 Å². The minimum atomic E-state index is -3.65. The zero-order valence-electron chi connectivity index (χ0n) is 20.4. The van der Waals surface area contributed by atoms with E-state index < -0.39 is 15.9 Å². The Bertz CT molecular complexity index is 1280. The molecule has 2 aromatic carbocycles. The summed E-state index contributed by atoms with van der Waals surface area (Å²) in [5, 5.41) is 0. The van der Waals surface area contributed by atoms with Crippen LogP contribution in [0.25, 0.3) is 10.2 Å². The predicted molar refractivity (Wildman–Crippen MR) is 136 cm³/mol. The molecule has 0 aliphatic heterocycles. The van der Waals surface area contributed by atoms with E-state index in [0.717, 1.165) is 10.2 Å². The summed E-state index contributed by atoms with van der Waals surface area (Å²) in [6, 6.07) is 13.9. The van der Waals surface area contributed by atoms with Crippen molar-refractivity contribution in [1.82, 2.24) is 8.87 Å². The third kappa shape index (κ3) is 6.21. The first-order valence-corrected chi connectivity index (χ1v) is 13.7. The van der Waals surface area contributed by atoms with E-state index in [4.69, 9.17) is 4.74 Å². The van der Waals surface area contributed by atoms with Crippen molar-refractivity contribution in [3.05, 3.63) is 58.9 Å². The number of nitrogens with zero attached hydrogens (tertiary/aromatic N) is 3. The second kappa shape index (κ2) is 11.4. The molecule has 0 aliphatic rings. The van der Waals surface area contributed by atoms with E-state index in [0.29, 0.717) is 36.6 Å². The molecule has 3 rings (SSSR count). The number of carbonyl (C=O) groups excluding carboxylic acids is 1. The van der Waals surface area contributed by atoms with Crippen LogP contribution in [0.4, 0.5) is 0 Å². The van der Waals surface area contributed by atoms with Crippen molar-refractivity contribution in [1.29, 1.82) is 0 Å². The fraction of sp³-hybridized carbons (Fsp3) is 0.440. The van der Waals surface area contributed by atoms with E-state index in [1.54, 1.807) is 7.11 Å². The quantitative estimate of drug-likeness (QED) is 0.411. The van der Waals surface area contributed by atoms with Gasteiger partial charge in [-0.25, -0.2) is 8.42 Å². The number of amides is 1. The SMILES string of the molecule is COCCn1c(=NC(=O)c2ccc(S(=O)(=O)N(CC(C)C)CC(C)C)cc2)sc2ccccc21. The fourth-order valence-corrected chi connectivity index (χ4v) is 6.48. The van der Waals surface area contributed by atoms with Crippen LogP contribution >= 0.6 is 11.3 Å². The molecule has 0 saturated heterocycles. The summed E-state index contributed by atoms with van der Waals surface area (Å²) in [6.07, 6.45) is 0. The van der Waals surface area contributed by atoms with Crippen LogP contribution in [0, 0.1) is 11.8 Å². The lowest BCUT2D eigenvalue weighted by atomic mass is 10.2. The molecule has 0 saturated carbocycles. The van der Waals surface area contributed by atoms with Crippen LogP contribution in [-0.4, -0.2) is 50.0 Å². The number of hydrogen-bond donors (Lipinski definition) is 0. The topological polar surface area (TPSA) is 81.0 Å². The van der Waals surface area contributed by atoms with Crippen LogP contribution in [-0.2, 0) is 21.3 Å². The largest absolute Gasteiger partial charge is 0.383 e. The van der Waals surface area contributed by atoms with Gasteiger partial charge in [-0.15, -0.1) is 0 Å². The van der Waals surface area contributed by atoms with Gasteiger partial charge in [0, 0.05) is 32.3 Å². The van der Waals surface area contributed by atoms with E-state index in [2.05, 4.69) is 4.99 Å². The first-order chi connectivity index (χ1) is 16.1. The number of fused-ring (bicyclic) bond motifs is 1. The van der Waals surface area contributed by atoms with Crippen molar-refractivity contribution < 1.29 is 17.9 Å². The monoisotopic (exact) mass is 503 g/mol. The summed E-state index contributed by atoms with van der Waals surface area (Å²) >= 11 is 1.44. The summed E-state index contributed by atoms with van der Waals surface area (Å²) < 4.78 is 36.2. The van der Waals surface area contributed by atoms with Crippen molar-refractivity contribution in [2.45, 2.75) is 39.1 Å². The summed E-state index contributed by atoms with van der Waals surface area (Å²) in [7, 11) is -2.02. The molecule has 34 heavy (non-hydrogen) atoms. The molecule has 1 amide bonds. The summed E-state index contributed by atoms with van der Waals surface area (Å²) in [5.74, 6) is 0.00136. The van der Waals surface area contributed by atoms with Crippen molar-refractivity contribution >= 4 is 37.5 Å². The summed E-state index contributed by atoms with van der Waals surface area (Å²) in [4.78, 5) is 18.1. The Kier molecular flexibility index (Phi) is 8.81. The Hall–Kier alpha value is -2.33. The second-order valence-electron chi connectivity index (χ2n) is 9.05. The first kappa shape index (κ1) is 26.3. The smallest absolute Gasteiger partial charge is 0.279 e. The van der Waals surface area contributed by atoms with Gasteiger partial charge in [-0.1, -0.05) is 51.2 Å². The Morgan fingerprint density at radius 1 is 1.03 bits per heavy atom. The van der Waals surface area contributed by atoms with E-state index in [9.17, 15) is 13.2 Å². The molecule has 0 bridgehead atoms. The highest BCUT2D eigenvalue weighted by Crippen LogP contribution is 2.20. The molecular weight excluding hydrogens is 470 g/mol. The van der Waals surface area contributed by atoms with Gasteiger partial charge >= 0.3 is 0 Å². The number of rotatable bonds is 10.